The Balaban J connectivity index is 3.24. The van der Waals surface area contributed by atoms with Gasteiger partial charge in [-0.25, -0.2) is 0 Å². The van der Waals surface area contributed by atoms with Crippen molar-refractivity contribution in [1.82, 2.24) is 0 Å². The number of benzene rings is 1. The highest BCUT2D eigenvalue weighted by atomic mass is 79.9. The highest BCUT2D eigenvalue weighted by molar-refractivity contribution is 9.11. The molecule has 3 heteroatoms. The molecule has 0 spiro atoms. The Bertz CT molecular complexity index is 268. The van der Waals surface area contributed by atoms with Crippen LogP contribution in [0.2, 0.25) is 0 Å². The van der Waals surface area contributed by atoms with Crippen LogP contribution in [0.3, 0.4) is 0 Å². The summed E-state index contributed by atoms with van der Waals surface area (Å²) in [6.07, 6.45) is 0. The Hall–Kier alpha value is 0.660. The third kappa shape index (κ3) is 2.30. The Morgan fingerprint density at radius 3 is 2.45 bits per heavy atom. The van der Waals surface area contributed by atoms with E-state index in [9.17, 15) is 0 Å². The normalized spacial score (nSPS) is 10.2. The minimum Gasteiger partial charge on any atom is -0.0876 e. The lowest BCUT2D eigenvalue weighted by Gasteiger charge is -2.04. The molecule has 0 aromatic heterocycles. The maximum atomic E-state index is 3.52. The fourth-order valence-corrected chi connectivity index (χ4v) is 2.70. The first-order chi connectivity index (χ1) is 5.15. The second-order valence-corrected chi connectivity index (χ2v) is 4.60. The maximum Gasteiger partial charge on any atom is 0.0294 e. The van der Waals surface area contributed by atoms with Gasteiger partial charge in [-0.1, -0.05) is 47.8 Å². The summed E-state index contributed by atoms with van der Waals surface area (Å²) in [5.74, 6) is 0. The van der Waals surface area contributed by atoms with Crippen molar-refractivity contribution >= 4 is 47.8 Å². The topological polar surface area (TPSA) is 0 Å². The van der Waals surface area contributed by atoms with E-state index in [1.807, 2.05) is 0 Å². The van der Waals surface area contributed by atoms with Crippen molar-refractivity contribution in [2.24, 2.45) is 0 Å². The van der Waals surface area contributed by atoms with E-state index in [0.717, 1.165) is 9.80 Å². The molecule has 60 valence electrons. The van der Waals surface area contributed by atoms with E-state index >= 15 is 0 Å². The molecule has 0 nitrogen and oxygen atoms in total. The van der Waals surface area contributed by atoms with Gasteiger partial charge in [0.05, 0.1) is 0 Å². The van der Waals surface area contributed by atoms with Crippen LogP contribution in [-0.4, -0.2) is 0 Å². The molecule has 0 aliphatic rings. The molecule has 0 heterocycles. The number of alkyl halides is 1. The number of halogens is 3. The maximum absolute atomic E-state index is 3.52. The SMILES string of the molecule is Cc1cc(Br)cc(CBr)c1Br. The first-order valence-electron chi connectivity index (χ1n) is 3.15. The van der Waals surface area contributed by atoms with Crippen LogP contribution in [0.4, 0.5) is 0 Å². The quantitative estimate of drug-likeness (QED) is 0.663. The fraction of sp³-hybridized carbons (Fsp3) is 0.250. The summed E-state index contributed by atoms with van der Waals surface area (Å²) >= 11 is 10.4. The average molecular weight is 343 g/mol. The molecule has 0 fully saturated rings. The van der Waals surface area contributed by atoms with Crippen LogP contribution in [0.5, 0.6) is 0 Å². The van der Waals surface area contributed by atoms with E-state index < -0.39 is 0 Å². The molecule has 0 N–H and O–H groups in total. The van der Waals surface area contributed by atoms with Crippen molar-refractivity contribution < 1.29 is 0 Å². The molecule has 1 rings (SSSR count). The van der Waals surface area contributed by atoms with Crippen LogP contribution >= 0.6 is 47.8 Å². The van der Waals surface area contributed by atoms with Crippen LogP contribution in [0.15, 0.2) is 21.1 Å². The fourth-order valence-electron chi connectivity index (χ4n) is 0.892. The summed E-state index contributed by atoms with van der Waals surface area (Å²) in [7, 11) is 0. The largest absolute Gasteiger partial charge is 0.0876 e. The molecular formula is C8H7Br3. The van der Waals surface area contributed by atoms with Gasteiger partial charge in [-0.3, -0.25) is 0 Å². The Kier molecular flexibility index (Phi) is 3.59. The van der Waals surface area contributed by atoms with Crippen LogP contribution in [0.1, 0.15) is 11.1 Å². The number of hydrogen-bond acceptors (Lipinski definition) is 0. The van der Waals surface area contributed by atoms with Gasteiger partial charge in [-0.15, -0.1) is 0 Å². The Labute approximate surface area is 91.8 Å². The zero-order chi connectivity index (χ0) is 8.43. The van der Waals surface area contributed by atoms with Crippen molar-refractivity contribution in [2.75, 3.05) is 0 Å². The molecule has 0 bridgehead atoms. The number of hydrogen-bond donors (Lipinski definition) is 0. The van der Waals surface area contributed by atoms with Gasteiger partial charge >= 0.3 is 0 Å². The number of rotatable bonds is 1. The van der Waals surface area contributed by atoms with Crippen molar-refractivity contribution in [3.8, 4) is 0 Å². The van der Waals surface area contributed by atoms with Gasteiger partial charge in [0, 0.05) is 14.3 Å². The summed E-state index contributed by atoms with van der Waals surface area (Å²) in [6.45, 7) is 2.08. The molecule has 0 saturated carbocycles. The van der Waals surface area contributed by atoms with E-state index in [1.54, 1.807) is 0 Å². The zero-order valence-electron chi connectivity index (χ0n) is 6.00. The van der Waals surface area contributed by atoms with E-state index in [0.29, 0.717) is 0 Å². The minimum absolute atomic E-state index is 0.883. The van der Waals surface area contributed by atoms with E-state index in [2.05, 4.69) is 66.8 Å². The lowest BCUT2D eigenvalue weighted by molar-refractivity contribution is 1.31. The van der Waals surface area contributed by atoms with E-state index in [4.69, 9.17) is 0 Å². The summed E-state index contributed by atoms with van der Waals surface area (Å²) < 4.78 is 2.32. The number of aryl methyl sites for hydroxylation is 1. The standard InChI is InChI=1S/C8H7Br3/c1-5-2-7(10)3-6(4-9)8(5)11/h2-3H,4H2,1H3. The summed E-state index contributed by atoms with van der Waals surface area (Å²) in [5.41, 5.74) is 2.53. The van der Waals surface area contributed by atoms with Gasteiger partial charge in [0.15, 0.2) is 0 Å². The van der Waals surface area contributed by atoms with Crippen LogP contribution in [0.25, 0.3) is 0 Å². The molecule has 0 amide bonds. The first-order valence-corrected chi connectivity index (χ1v) is 5.86. The van der Waals surface area contributed by atoms with Crippen molar-refractivity contribution in [3.63, 3.8) is 0 Å². The zero-order valence-corrected chi connectivity index (χ0v) is 10.8. The second kappa shape index (κ2) is 4.06. The van der Waals surface area contributed by atoms with E-state index in [1.165, 1.54) is 15.6 Å². The van der Waals surface area contributed by atoms with Crippen LogP contribution < -0.4 is 0 Å². The highest BCUT2D eigenvalue weighted by Crippen LogP contribution is 2.27. The van der Waals surface area contributed by atoms with Gasteiger partial charge in [0.25, 0.3) is 0 Å². The predicted molar refractivity (Wildman–Crippen MR) is 59.2 cm³/mol. The van der Waals surface area contributed by atoms with Crippen molar-refractivity contribution in [1.29, 1.82) is 0 Å². The lowest BCUT2D eigenvalue weighted by Crippen LogP contribution is -1.84. The van der Waals surface area contributed by atoms with Gasteiger partial charge in [0.2, 0.25) is 0 Å². The molecule has 0 atom stereocenters. The molecule has 0 aliphatic heterocycles. The minimum atomic E-state index is 0.883. The van der Waals surface area contributed by atoms with Crippen LogP contribution in [0, 0.1) is 6.92 Å². The molecule has 0 radical (unpaired) electrons. The average Bonchev–Trinajstić information content (AvgIpc) is 1.96. The van der Waals surface area contributed by atoms with Crippen molar-refractivity contribution in [2.45, 2.75) is 12.3 Å². The summed E-state index contributed by atoms with van der Waals surface area (Å²) in [5, 5.41) is 0.883. The van der Waals surface area contributed by atoms with Gasteiger partial charge in [-0.05, 0) is 30.2 Å². The van der Waals surface area contributed by atoms with E-state index in [-0.39, 0.29) is 0 Å². The van der Waals surface area contributed by atoms with Gasteiger partial charge in [-0.2, -0.15) is 0 Å². The molecule has 0 unspecified atom stereocenters. The third-order valence-corrected chi connectivity index (χ3v) is 3.64. The molecule has 0 saturated heterocycles. The predicted octanol–water partition coefficient (Wildman–Crippen LogP) is 4.41. The monoisotopic (exact) mass is 340 g/mol. The Morgan fingerprint density at radius 2 is 1.91 bits per heavy atom. The first kappa shape index (κ1) is 9.75. The third-order valence-electron chi connectivity index (χ3n) is 1.44. The highest BCUT2D eigenvalue weighted by Gasteiger charge is 2.02. The molecule has 1 aromatic rings. The van der Waals surface area contributed by atoms with Gasteiger partial charge in [0.1, 0.15) is 0 Å². The molecule has 11 heavy (non-hydrogen) atoms. The smallest absolute Gasteiger partial charge is 0.0294 e. The molecule has 1 aromatic carbocycles. The van der Waals surface area contributed by atoms with Crippen molar-refractivity contribution in [3.05, 3.63) is 32.2 Å². The Morgan fingerprint density at radius 1 is 1.27 bits per heavy atom. The molecule has 0 aliphatic carbocycles. The summed E-state index contributed by atoms with van der Waals surface area (Å²) in [4.78, 5) is 0. The van der Waals surface area contributed by atoms with Crippen LogP contribution in [-0.2, 0) is 5.33 Å². The summed E-state index contributed by atoms with van der Waals surface area (Å²) in [6, 6.07) is 4.20. The molecular weight excluding hydrogens is 336 g/mol. The lowest BCUT2D eigenvalue weighted by atomic mass is 10.2. The second-order valence-electron chi connectivity index (χ2n) is 2.33. The van der Waals surface area contributed by atoms with Gasteiger partial charge < -0.3 is 0 Å².